The Morgan fingerprint density at radius 3 is 2.24 bits per heavy atom. The maximum Gasteiger partial charge on any atom is 0.316 e. The second kappa shape index (κ2) is 7.92. The number of rotatable bonds is 6. The maximum atomic E-state index is 12.3. The van der Waals surface area contributed by atoms with Crippen LogP contribution in [0.25, 0.3) is 0 Å². The summed E-state index contributed by atoms with van der Waals surface area (Å²) < 4.78 is 12.2. The molecule has 0 heterocycles. The minimum atomic E-state index is -1.79. The molecule has 0 saturated heterocycles. The van der Waals surface area contributed by atoms with E-state index in [1.54, 1.807) is 0 Å². The number of carbonyl (C=O) groups excluding carboxylic acids is 1. The molecule has 0 unspecified atom stereocenters. The second-order valence-corrected chi connectivity index (χ2v) is 11.1. The summed E-state index contributed by atoms with van der Waals surface area (Å²) in [5, 5.41) is 0. The predicted octanol–water partition coefficient (Wildman–Crippen LogP) is 4.50. The van der Waals surface area contributed by atoms with Gasteiger partial charge in [-0.15, -0.1) is 0 Å². The van der Waals surface area contributed by atoms with E-state index in [0.717, 1.165) is 10.0 Å². The molecule has 116 valence electrons. The van der Waals surface area contributed by atoms with Crippen LogP contribution in [-0.2, 0) is 14.0 Å². The molecule has 0 aliphatic heterocycles. The van der Waals surface area contributed by atoms with Crippen molar-refractivity contribution in [2.75, 3.05) is 7.11 Å². The Labute approximate surface area is 136 Å². The van der Waals surface area contributed by atoms with Gasteiger partial charge in [-0.05, 0) is 44.3 Å². The van der Waals surface area contributed by atoms with Gasteiger partial charge in [-0.2, -0.15) is 0 Å². The lowest BCUT2D eigenvalue weighted by atomic mass is 9.93. The molecule has 0 aliphatic rings. The first kappa shape index (κ1) is 18.1. The minimum absolute atomic E-state index is 0.279. The zero-order valence-corrected chi connectivity index (χ0v) is 15.8. The van der Waals surface area contributed by atoms with Crippen molar-refractivity contribution in [2.24, 2.45) is 0 Å². The summed E-state index contributed by atoms with van der Waals surface area (Å²) in [6, 6.07) is 7.70. The van der Waals surface area contributed by atoms with Crippen LogP contribution < -0.4 is 0 Å². The number of hydrogen-bond donors (Lipinski definition) is 0. The zero-order chi connectivity index (χ0) is 16.0. The van der Waals surface area contributed by atoms with Gasteiger partial charge in [-0.3, -0.25) is 4.79 Å². The van der Waals surface area contributed by atoms with Crippen LogP contribution in [0.4, 0.5) is 0 Å². The summed E-state index contributed by atoms with van der Waals surface area (Å²) in [5.74, 6) is -0.732. The molecule has 0 bridgehead atoms. The van der Waals surface area contributed by atoms with Crippen molar-refractivity contribution in [3.63, 3.8) is 0 Å². The Kier molecular flexibility index (Phi) is 6.84. The van der Waals surface area contributed by atoms with Gasteiger partial charge in [-0.1, -0.05) is 40.2 Å². The Hall–Kier alpha value is -0.913. The molecule has 1 aromatic rings. The highest BCUT2D eigenvalue weighted by atomic mass is 79.9. The van der Waals surface area contributed by atoms with Gasteiger partial charge < -0.3 is 9.16 Å². The standard InChI is InChI=1S/C16H23BrO3Si/c1-6-7-14(20-21(3,4)5)15(16(18)19-2)12-8-10-13(17)11-9-12/h6-11,14-15H,1-5H3/b7-6+/t14-,15+/m1/s1. The van der Waals surface area contributed by atoms with Crippen LogP contribution in [0.15, 0.2) is 40.9 Å². The molecule has 0 fully saturated rings. The van der Waals surface area contributed by atoms with Crippen LogP contribution >= 0.6 is 15.9 Å². The smallest absolute Gasteiger partial charge is 0.316 e. The molecule has 5 heteroatoms. The van der Waals surface area contributed by atoms with Crippen molar-refractivity contribution in [1.82, 2.24) is 0 Å². The van der Waals surface area contributed by atoms with Crippen molar-refractivity contribution >= 4 is 30.2 Å². The number of allylic oxidation sites excluding steroid dienone is 1. The highest BCUT2D eigenvalue weighted by Gasteiger charge is 2.33. The first-order valence-corrected chi connectivity index (χ1v) is 11.1. The van der Waals surface area contributed by atoms with Gasteiger partial charge in [0.1, 0.15) is 5.92 Å². The number of carbonyl (C=O) groups is 1. The van der Waals surface area contributed by atoms with Crippen molar-refractivity contribution in [3.05, 3.63) is 46.5 Å². The first-order chi connectivity index (χ1) is 9.78. The molecule has 0 radical (unpaired) electrons. The van der Waals surface area contributed by atoms with Gasteiger partial charge in [0.05, 0.1) is 13.2 Å². The van der Waals surface area contributed by atoms with Gasteiger partial charge in [0.2, 0.25) is 0 Å². The van der Waals surface area contributed by atoms with Crippen LogP contribution in [0.1, 0.15) is 18.4 Å². The summed E-state index contributed by atoms with van der Waals surface area (Å²) in [5.41, 5.74) is 0.895. The third kappa shape index (κ3) is 5.77. The fourth-order valence-electron chi connectivity index (χ4n) is 2.07. The molecule has 2 atom stereocenters. The molecule has 0 aliphatic carbocycles. The summed E-state index contributed by atoms with van der Waals surface area (Å²) in [7, 11) is -0.379. The molecule has 0 spiro atoms. The van der Waals surface area contributed by atoms with Gasteiger partial charge >= 0.3 is 5.97 Å². The van der Waals surface area contributed by atoms with Gasteiger partial charge in [0, 0.05) is 4.47 Å². The fraction of sp³-hybridized carbons (Fsp3) is 0.438. The maximum absolute atomic E-state index is 12.3. The van der Waals surface area contributed by atoms with E-state index in [0.29, 0.717) is 0 Å². The van der Waals surface area contributed by atoms with Crippen LogP contribution in [-0.4, -0.2) is 27.5 Å². The molecule has 21 heavy (non-hydrogen) atoms. The Morgan fingerprint density at radius 1 is 1.24 bits per heavy atom. The molecule has 0 amide bonds. The summed E-state index contributed by atoms with van der Waals surface area (Å²) in [6.07, 6.45) is 3.54. The number of benzene rings is 1. The largest absolute Gasteiger partial charge is 0.468 e. The first-order valence-electron chi connectivity index (χ1n) is 6.92. The van der Waals surface area contributed by atoms with E-state index in [2.05, 4.69) is 35.6 Å². The predicted molar refractivity (Wildman–Crippen MR) is 91.9 cm³/mol. The van der Waals surface area contributed by atoms with Crippen molar-refractivity contribution in [1.29, 1.82) is 0 Å². The van der Waals surface area contributed by atoms with E-state index < -0.39 is 14.2 Å². The topological polar surface area (TPSA) is 35.5 Å². The number of ether oxygens (including phenoxy) is 1. The van der Waals surface area contributed by atoms with Crippen LogP contribution in [0.5, 0.6) is 0 Å². The average molecular weight is 371 g/mol. The molecule has 0 saturated carbocycles. The molecular weight excluding hydrogens is 348 g/mol. The SMILES string of the molecule is C/C=C/[C@@H](O[Si](C)(C)C)[C@@H](C(=O)OC)c1ccc(Br)cc1. The van der Waals surface area contributed by atoms with Gasteiger partial charge in [-0.25, -0.2) is 0 Å². The summed E-state index contributed by atoms with van der Waals surface area (Å²) in [4.78, 5) is 12.3. The van der Waals surface area contributed by atoms with E-state index in [4.69, 9.17) is 9.16 Å². The van der Waals surface area contributed by atoms with Crippen LogP contribution in [0.3, 0.4) is 0 Å². The fourth-order valence-corrected chi connectivity index (χ4v) is 3.37. The highest BCUT2D eigenvalue weighted by molar-refractivity contribution is 9.10. The van der Waals surface area contributed by atoms with Crippen LogP contribution in [0.2, 0.25) is 19.6 Å². The molecular formula is C16H23BrO3Si. The lowest BCUT2D eigenvalue weighted by molar-refractivity contribution is -0.144. The van der Waals surface area contributed by atoms with Gasteiger partial charge in [0.25, 0.3) is 0 Å². The lowest BCUT2D eigenvalue weighted by Crippen LogP contribution is -2.37. The molecule has 0 N–H and O–H groups in total. The Bertz CT molecular complexity index is 491. The average Bonchev–Trinajstić information content (AvgIpc) is 2.39. The lowest BCUT2D eigenvalue weighted by Gasteiger charge is -2.29. The number of hydrogen-bond acceptors (Lipinski definition) is 3. The molecule has 1 aromatic carbocycles. The van der Waals surface area contributed by atoms with Crippen molar-refractivity contribution in [3.8, 4) is 0 Å². The second-order valence-electron chi connectivity index (χ2n) is 5.77. The third-order valence-electron chi connectivity index (χ3n) is 2.88. The molecule has 1 rings (SSSR count). The van der Waals surface area contributed by atoms with E-state index >= 15 is 0 Å². The Morgan fingerprint density at radius 2 is 1.81 bits per heavy atom. The van der Waals surface area contributed by atoms with Crippen molar-refractivity contribution in [2.45, 2.75) is 38.6 Å². The van der Waals surface area contributed by atoms with E-state index in [-0.39, 0.29) is 12.1 Å². The number of esters is 1. The summed E-state index contributed by atoms with van der Waals surface area (Å²) in [6.45, 7) is 8.26. The zero-order valence-electron chi connectivity index (χ0n) is 13.2. The molecule has 0 aromatic heterocycles. The molecule has 3 nitrogen and oxygen atoms in total. The highest BCUT2D eigenvalue weighted by Crippen LogP contribution is 2.28. The number of halogens is 1. The monoisotopic (exact) mass is 370 g/mol. The van der Waals surface area contributed by atoms with Crippen LogP contribution in [0, 0.1) is 0 Å². The Balaban J connectivity index is 3.20. The van der Waals surface area contributed by atoms with E-state index in [9.17, 15) is 4.79 Å². The normalized spacial score (nSPS) is 15.0. The third-order valence-corrected chi connectivity index (χ3v) is 4.39. The van der Waals surface area contributed by atoms with E-state index in [1.165, 1.54) is 7.11 Å². The quantitative estimate of drug-likeness (QED) is 0.420. The minimum Gasteiger partial charge on any atom is -0.468 e. The van der Waals surface area contributed by atoms with E-state index in [1.807, 2.05) is 43.3 Å². The number of methoxy groups -OCH3 is 1. The summed E-state index contributed by atoms with van der Waals surface area (Å²) >= 11 is 3.41. The van der Waals surface area contributed by atoms with Crippen molar-refractivity contribution < 1.29 is 14.0 Å². The van der Waals surface area contributed by atoms with Gasteiger partial charge in [0.15, 0.2) is 8.32 Å².